The van der Waals surface area contributed by atoms with Gasteiger partial charge in [0.25, 0.3) is 0 Å². The molecule has 0 aliphatic rings. The van der Waals surface area contributed by atoms with Crippen LogP contribution < -0.4 is 10.5 Å². The minimum atomic E-state index is -3.54. The third-order valence-corrected chi connectivity index (χ3v) is 4.18. The Kier molecular flexibility index (Phi) is 4.18. The Hall–Kier alpha value is -1.86. The van der Waals surface area contributed by atoms with Gasteiger partial charge in [-0.2, -0.15) is 0 Å². The maximum absolute atomic E-state index is 12.0. The molecular formula is C12H16N4O2S. The number of imidazole rings is 1. The van der Waals surface area contributed by atoms with Crippen molar-refractivity contribution in [2.45, 2.75) is 17.7 Å². The van der Waals surface area contributed by atoms with E-state index in [1.54, 1.807) is 30.6 Å². The molecule has 2 aromatic rings. The Bertz CT molecular complexity index is 623. The molecule has 1 aromatic carbocycles. The highest BCUT2D eigenvalue weighted by molar-refractivity contribution is 7.89. The van der Waals surface area contributed by atoms with E-state index in [2.05, 4.69) is 14.7 Å². The third-order valence-electron chi connectivity index (χ3n) is 2.65. The molecule has 0 saturated carbocycles. The summed E-state index contributed by atoms with van der Waals surface area (Å²) in [6.45, 7) is 0.345. The quantitative estimate of drug-likeness (QED) is 0.540. The molecule has 0 fully saturated rings. The normalized spacial score (nSPS) is 11.6. The monoisotopic (exact) mass is 280 g/mol. The lowest BCUT2D eigenvalue weighted by Gasteiger charge is -2.08. The fraction of sp³-hybridized carbons (Fsp3) is 0.250. The molecule has 0 bridgehead atoms. The summed E-state index contributed by atoms with van der Waals surface area (Å²) in [6.07, 6.45) is 4.77. The zero-order chi connectivity index (χ0) is 13.7. The maximum Gasteiger partial charge on any atom is 0.242 e. The molecule has 0 saturated heterocycles. The topological polar surface area (TPSA) is 101 Å². The van der Waals surface area contributed by atoms with E-state index in [0.717, 1.165) is 5.82 Å². The van der Waals surface area contributed by atoms with Crippen LogP contribution in [0.15, 0.2) is 41.6 Å². The van der Waals surface area contributed by atoms with Crippen molar-refractivity contribution in [3.63, 3.8) is 0 Å². The average molecular weight is 280 g/mol. The highest BCUT2D eigenvalue weighted by Gasteiger charge is 2.15. The first-order valence-electron chi connectivity index (χ1n) is 5.92. The van der Waals surface area contributed by atoms with Gasteiger partial charge in [0.15, 0.2) is 0 Å². The van der Waals surface area contributed by atoms with Crippen LogP contribution in [0.5, 0.6) is 0 Å². The molecular weight excluding hydrogens is 264 g/mol. The molecule has 7 heteroatoms. The highest BCUT2D eigenvalue weighted by atomic mass is 32.2. The number of aryl methyl sites for hydroxylation is 1. The number of rotatable bonds is 6. The summed E-state index contributed by atoms with van der Waals surface area (Å²) in [5, 5.41) is 0. The van der Waals surface area contributed by atoms with E-state index in [1.807, 2.05) is 0 Å². The zero-order valence-corrected chi connectivity index (χ0v) is 11.2. The Morgan fingerprint density at radius 2 is 2.11 bits per heavy atom. The summed E-state index contributed by atoms with van der Waals surface area (Å²) in [7, 11) is -3.54. The summed E-state index contributed by atoms with van der Waals surface area (Å²) < 4.78 is 26.5. The van der Waals surface area contributed by atoms with Gasteiger partial charge in [0.05, 0.1) is 5.69 Å². The summed E-state index contributed by atoms with van der Waals surface area (Å²) in [6, 6.07) is 6.40. The largest absolute Gasteiger partial charge is 0.398 e. The number of nitrogen functional groups attached to an aromatic ring is 1. The van der Waals surface area contributed by atoms with Crippen LogP contribution in [0.1, 0.15) is 12.2 Å². The molecule has 0 radical (unpaired) electrons. The Balaban J connectivity index is 1.90. The highest BCUT2D eigenvalue weighted by Crippen LogP contribution is 2.16. The van der Waals surface area contributed by atoms with Gasteiger partial charge in [0.2, 0.25) is 10.0 Å². The van der Waals surface area contributed by atoms with E-state index in [4.69, 9.17) is 5.73 Å². The van der Waals surface area contributed by atoms with Crippen LogP contribution in [-0.4, -0.2) is 24.9 Å². The van der Waals surface area contributed by atoms with E-state index >= 15 is 0 Å². The van der Waals surface area contributed by atoms with Gasteiger partial charge in [-0.15, -0.1) is 0 Å². The van der Waals surface area contributed by atoms with Crippen LogP contribution in [0.4, 0.5) is 5.69 Å². The second-order valence-corrected chi connectivity index (χ2v) is 5.81. The number of hydrogen-bond acceptors (Lipinski definition) is 4. The van der Waals surface area contributed by atoms with Crippen LogP contribution in [0.3, 0.4) is 0 Å². The molecule has 1 aromatic heterocycles. The van der Waals surface area contributed by atoms with E-state index in [1.165, 1.54) is 6.07 Å². The molecule has 0 unspecified atom stereocenters. The molecule has 0 aliphatic heterocycles. The van der Waals surface area contributed by atoms with Gasteiger partial charge in [-0.25, -0.2) is 18.1 Å². The summed E-state index contributed by atoms with van der Waals surface area (Å²) in [4.78, 5) is 7.16. The number of para-hydroxylation sites is 1. The van der Waals surface area contributed by atoms with E-state index in [0.29, 0.717) is 19.4 Å². The van der Waals surface area contributed by atoms with Crippen molar-refractivity contribution in [2.75, 3.05) is 12.3 Å². The third kappa shape index (κ3) is 3.55. The molecule has 6 nitrogen and oxygen atoms in total. The Labute approximate surface area is 112 Å². The summed E-state index contributed by atoms with van der Waals surface area (Å²) in [5.74, 6) is 0.846. The fourth-order valence-electron chi connectivity index (χ4n) is 1.70. The molecule has 4 N–H and O–H groups in total. The minimum absolute atomic E-state index is 0.119. The number of hydrogen-bond donors (Lipinski definition) is 3. The van der Waals surface area contributed by atoms with Gasteiger partial charge < -0.3 is 10.7 Å². The van der Waals surface area contributed by atoms with Crippen LogP contribution in [-0.2, 0) is 16.4 Å². The van der Waals surface area contributed by atoms with Gasteiger partial charge in [-0.3, -0.25) is 0 Å². The number of benzene rings is 1. The second kappa shape index (κ2) is 5.85. The maximum atomic E-state index is 12.0. The van der Waals surface area contributed by atoms with Crippen LogP contribution in [0, 0.1) is 0 Å². The number of H-pyrrole nitrogens is 1. The first kappa shape index (κ1) is 13.6. The number of nitrogens with one attached hydrogen (secondary N) is 2. The van der Waals surface area contributed by atoms with Crippen LogP contribution in [0.2, 0.25) is 0 Å². The van der Waals surface area contributed by atoms with E-state index < -0.39 is 10.0 Å². The van der Waals surface area contributed by atoms with E-state index in [-0.39, 0.29) is 10.6 Å². The number of aromatic amines is 1. The van der Waals surface area contributed by atoms with Crippen molar-refractivity contribution in [1.82, 2.24) is 14.7 Å². The van der Waals surface area contributed by atoms with Gasteiger partial charge in [-0.05, 0) is 18.6 Å². The number of nitrogens with two attached hydrogens (primary N) is 1. The molecule has 0 spiro atoms. The lowest BCUT2D eigenvalue weighted by atomic mass is 10.3. The molecule has 0 amide bonds. The van der Waals surface area contributed by atoms with Crippen LogP contribution in [0.25, 0.3) is 0 Å². The lowest BCUT2D eigenvalue weighted by Crippen LogP contribution is -2.26. The van der Waals surface area contributed by atoms with Crippen LogP contribution >= 0.6 is 0 Å². The first-order valence-corrected chi connectivity index (χ1v) is 7.40. The Morgan fingerprint density at radius 3 is 2.79 bits per heavy atom. The average Bonchev–Trinajstić information content (AvgIpc) is 2.88. The molecule has 19 heavy (non-hydrogen) atoms. The Morgan fingerprint density at radius 1 is 1.32 bits per heavy atom. The minimum Gasteiger partial charge on any atom is -0.398 e. The van der Waals surface area contributed by atoms with Gasteiger partial charge in [0.1, 0.15) is 10.7 Å². The second-order valence-electron chi connectivity index (χ2n) is 4.08. The van der Waals surface area contributed by atoms with Crippen molar-refractivity contribution < 1.29 is 8.42 Å². The SMILES string of the molecule is Nc1ccccc1S(=O)(=O)NCCCc1ncc[nH]1. The van der Waals surface area contributed by atoms with Crippen molar-refractivity contribution in [3.05, 3.63) is 42.5 Å². The first-order chi connectivity index (χ1) is 9.09. The molecule has 0 atom stereocenters. The van der Waals surface area contributed by atoms with E-state index in [9.17, 15) is 8.42 Å². The number of anilines is 1. The predicted molar refractivity (Wildman–Crippen MR) is 73.0 cm³/mol. The van der Waals surface area contributed by atoms with Crippen molar-refractivity contribution in [1.29, 1.82) is 0 Å². The van der Waals surface area contributed by atoms with Gasteiger partial charge >= 0.3 is 0 Å². The van der Waals surface area contributed by atoms with Gasteiger partial charge in [-0.1, -0.05) is 12.1 Å². The molecule has 2 rings (SSSR count). The summed E-state index contributed by atoms with van der Waals surface area (Å²) in [5.41, 5.74) is 5.90. The number of sulfonamides is 1. The zero-order valence-electron chi connectivity index (χ0n) is 10.3. The fourth-order valence-corrected chi connectivity index (χ4v) is 2.90. The molecule has 102 valence electrons. The smallest absolute Gasteiger partial charge is 0.242 e. The van der Waals surface area contributed by atoms with Crippen molar-refractivity contribution >= 4 is 15.7 Å². The van der Waals surface area contributed by atoms with Crippen molar-refractivity contribution in [2.24, 2.45) is 0 Å². The van der Waals surface area contributed by atoms with Gasteiger partial charge in [0, 0.05) is 25.4 Å². The summed E-state index contributed by atoms with van der Waals surface area (Å²) >= 11 is 0. The number of nitrogens with zero attached hydrogens (tertiary/aromatic N) is 1. The predicted octanol–water partition coefficient (Wildman–Crippen LogP) is 0.903. The van der Waals surface area contributed by atoms with Crippen molar-refractivity contribution in [3.8, 4) is 0 Å². The number of aromatic nitrogens is 2. The standard InChI is InChI=1S/C12H16N4O2S/c13-10-4-1-2-5-11(10)19(17,18)16-7-3-6-12-14-8-9-15-12/h1-2,4-5,8-9,16H,3,6-7,13H2,(H,14,15). The lowest BCUT2D eigenvalue weighted by molar-refractivity contribution is 0.578. The molecule has 1 heterocycles. The molecule has 0 aliphatic carbocycles.